The van der Waals surface area contributed by atoms with E-state index in [1.54, 1.807) is 19.1 Å². The van der Waals surface area contributed by atoms with Crippen molar-refractivity contribution in [1.82, 2.24) is 4.98 Å². The highest BCUT2D eigenvalue weighted by Gasteiger charge is 2.29. The number of ether oxygens (including phenoxy) is 1. The summed E-state index contributed by atoms with van der Waals surface area (Å²) in [6.45, 7) is 4.76. The summed E-state index contributed by atoms with van der Waals surface area (Å²) in [7, 11) is 0. The Morgan fingerprint density at radius 3 is 2.68 bits per heavy atom. The van der Waals surface area contributed by atoms with E-state index >= 15 is 0 Å². The van der Waals surface area contributed by atoms with Gasteiger partial charge in [-0.25, -0.2) is 4.79 Å². The van der Waals surface area contributed by atoms with Crippen molar-refractivity contribution in [2.24, 2.45) is 11.7 Å². The molecule has 118 valence electrons. The van der Waals surface area contributed by atoms with Gasteiger partial charge in [-0.05, 0) is 44.0 Å². The summed E-state index contributed by atoms with van der Waals surface area (Å²) in [4.78, 5) is 25.5. The fourth-order valence-electron chi connectivity index (χ4n) is 2.16. The number of hydrogen-bond donors (Lipinski definition) is 3. The van der Waals surface area contributed by atoms with Gasteiger partial charge in [-0.1, -0.05) is 6.92 Å². The molecule has 2 aromatic rings. The van der Waals surface area contributed by atoms with Gasteiger partial charge in [0.05, 0.1) is 0 Å². The van der Waals surface area contributed by atoms with Crippen molar-refractivity contribution in [3.05, 3.63) is 30.0 Å². The Morgan fingerprint density at radius 2 is 2.09 bits per heavy atom. The topological polar surface area (TPSA) is 105 Å². The van der Waals surface area contributed by atoms with Crippen molar-refractivity contribution in [2.75, 3.05) is 0 Å². The minimum atomic E-state index is -1.31. The molecular formula is C16H20N2O4. The molecule has 0 fully saturated rings. The average Bonchev–Trinajstić information content (AvgIpc) is 2.80. The standard InChI is InChI=1S/C16H20N2O4/c1-9(14(17)19)6-10-8-18-13-5-4-11(7-12(10)13)22-16(2,3)15(20)21/h4-5,7-9,18H,6H2,1-3H3,(H2,17,19)(H,20,21)/t9-/m0/s1. The number of H-pyrrole nitrogens is 1. The van der Waals surface area contributed by atoms with E-state index in [1.165, 1.54) is 13.8 Å². The summed E-state index contributed by atoms with van der Waals surface area (Å²) in [5, 5.41) is 10.0. The third-order valence-corrected chi connectivity index (χ3v) is 3.64. The Bertz CT molecular complexity index is 718. The SMILES string of the molecule is C[C@@H](Cc1c[nH]c2ccc(OC(C)(C)C(=O)O)cc12)C(N)=O. The van der Waals surface area contributed by atoms with E-state index in [0.29, 0.717) is 12.2 Å². The first-order valence-electron chi connectivity index (χ1n) is 7.02. The molecule has 1 amide bonds. The highest BCUT2D eigenvalue weighted by Crippen LogP contribution is 2.27. The summed E-state index contributed by atoms with van der Waals surface area (Å²) in [5.74, 6) is -1.20. The molecule has 0 aliphatic heterocycles. The zero-order valence-corrected chi connectivity index (χ0v) is 12.8. The Balaban J connectivity index is 2.33. The Labute approximate surface area is 128 Å². The lowest BCUT2D eigenvalue weighted by molar-refractivity contribution is -0.152. The fraction of sp³-hybridized carbons (Fsp3) is 0.375. The molecule has 0 unspecified atom stereocenters. The minimum Gasteiger partial charge on any atom is -0.478 e. The second kappa shape index (κ2) is 5.71. The second-order valence-electron chi connectivity index (χ2n) is 5.95. The predicted octanol–water partition coefficient (Wildman–Crippen LogP) is 2.07. The van der Waals surface area contributed by atoms with Gasteiger partial charge in [-0.3, -0.25) is 4.79 Å². The van der Waals surface area contributed by atoms with Gasteiger partial charge in [0.25, 0.3) is 0 Å². The van der Waals surface area contributed by atoms with E-state index in [0.717, 1.165) is 16.5 Å². The fourth-order valence-corrected chi connectivity index (χ4v) is 2.16. The molecule has 0 aliphatic rings. The van der Waals surface area contributed by atoms with Crippen LogP contribution in [0.5, 0.6) is 5.75 Å². The smallest absolute Gasteiger partial charge is 0.347 e. The number of rotatable bonds is 6. The molecule has 6 nitrogen and oxygen atoms in total. The molecule has 0 spiro atoms. The molecule has 1 aromatic carbocycles. The lowest BCUT2D eigenvalue weighted by Crippen LogP contribution is -2.37. The van der Waals surface area contributed by atoms with Gasteiger partial charge in [0.15, 0.2) is 5.60 Å². The number of hydrogen-bond acceptors (Lipinski definition) is 3. The number of carboxylic acid groups (broad SMARTS) is 1. The summed E-state index contributed by atoms with van der Waals surface area (Å²) in [6, 6.07) is 5.31. The van der Waals surface area contributed by atoms with E-state index in [2.05, 4.69) is 4.98 Å². The lowest BCUT2D eigenvalue weighted by Gasteiger charge is -2.21. The first-order chi connectivity index (χ1) is 10.2. The summed E-state index contributed by atoms with van der Waals surface area (Å²) >= 11 is 0. The Hall–Kier alpha value is -2.50. The lowest BCUT2D eigenvalue weighted by atomic mass is 10.00. The number of amides is 1. The van der Waals surface area contributed by atoms with E-state index in [9.17, 15) is 9.59 Å². The molecule has 0 bridgehead atoms. The average molecular weight is 304 g/mol. The van der Waals surface area contributed by atoms with Crippen LogP contribution in [0.4, 0.5) is 0 Å². The first kappa shape index (κ1) is 15.9. The van der Waals surface area contributed by atoms with Crippen LogP contribution in [0.1, 0.15) is 26.3 Å². The predicted molar refractivity (Wildman–Crippen MR) is 82.7 cm³/mol. The maximum Gasteiger partial charge on any atom is 0.347 e. The third-order valence-electron chi connectivity index (χ3n) is 3.64. The molecule has 0 radical (unpaired) electrons. The van der Waals surface area contributed by atoms with Crippen LogP contribution >= 0.6 is 0 Å². The van der Waals surface area contributed by atoms with E-state index < -0.39 is 11.6 Å². The molecule has 22 heavy (non-hydrogen) atoms. The summed E-state index contributed by atoms with van der Waals surface area (Å²) < 4.78 is 5.54. The molecular weight excluding hydrogens is 284 g/mol. The normalized spacial score (nSPS) is 13.0. The molecule has 0 aliphatic carbocycles. The van der Waals surface area contributed by atoms with Crippen molar-refractivity contribution >= 4 is 22.8 Å². The largest absolute Gasteiger partial charge is 0.478 e. The van der Waals surface area contributed by atoms with Crippen LogP contribution < -0.4 is 10.5 Å². The Morgan fingerprint density at radius 1 is 1.41 bits per heavy atom. The third kappa shape index (κ3) is 3.21. The number of nitrogens with two attached hydrogens (primary N) is 1. The highest BCUT2D eigenvalue weighted by atomic mass is 16.5. The zero-order valence-electron chi connectivity index (χ0n) is 12.8. The molecule has 6 heteroatoms. The van der Waals surface area contributed by atoms with E-state index in [1.807, 2.05) is 12.3 Å². The minimum absolute atomic E-state index is 0.279. The second-order valence-corrected chi connectivity index (χ2v) is 5.95. The summed E-state index contributed by atoms with van der Waals surface area (Å²) in [5.41, 5.74) is 5.83. The molecule has 2 rings (SSSR count). The molecule has 1 heterocycles. The number of benzene rings is 1. The van der Waals surface area contributed by atoms with Crippen LogP contribution in [0.25, 0.3) is 10.9 Å². The molecule has 0 saturated heterocycles. The van der Waals surface area contributed by atoms with Gasteiger partial charge in [0.2, 0.25) is 5.91 Å². The quantitative estimate of drug-likeness (QED) is 0.759. The molecule has 1 atom stereocenters. The van der Waals surface area contributed by atoms with Crippen molar-refractivity contribution in [3.63, 3.8) is 0 Å². The molecule has 4 N–H and O–H groups in total. The number of aliphatic carboxylic acids is 1. The number of aromatic nitrogens is 1. The van der Waals surface area contributed by atoms with E-state index in [4.69, 9.17) is 15.6 Å². The van der Waals surface area contributed by atoms with Gasteiger partial charge in [0, 0.05) is 23.0 Å². The number of nitrogens with one attached hydrogen (secondary N) is 1. The zero-order chi connectivity index (χ0) is 16.5. The van der Waals surface area contributed by atoms with Crippen LogP contribution in [0, 0.1) is 5.92 Å². The molecule has 0 saturated carbocycles. The number of aromatic amines is 1. The van der Waals surface area contributed by atoms with Gasteiger partial charge in [-0.15, -0.1) is 0 Å². The molecule has 1 aromatic heterocycles. The highest BCUT2D eigenvalue weighted by molar-refractivity contribution is 5.86. The number of carboxylic acids is 1. The van der Waals surface area contributed by atoms with Crippen LogP contribution in [0.15, 0.2) is 24.4 Å². The van der Waals surface area contributed by atoms with Crippen LogP contribution in [0.3, 0.4) is 0 Å². The maximum atomic E-state index is 11.2. The van der Waals surface area contributed by atoms with Crippen molar-refractivity contribution in [3.8, 4) is 5.75 Å². The number of fused-ring (bicyclic) bond motifs is 1. The van der Waals surface area contributed by atoms with Gasteiger partial charge in [0.1, 0.15) is 5.75 Å². The number of carbonyl (C=O) groups is 2. The number of carbonyl (C=O) groups excluding carboxylic acids is 1. The van der Waals surface area contributed by atoms with Crippen LogP contribution in [-0.2, 0) is 16.0 Å². The van der Waals surface area contributed by atoms with Crippen molar-refractivity contribution in [2.45, 2.75) is 32.8 Å². The van der Waals surface area contributed by atoms with Crippen molar-refractivity contribution < 1.29 is 19.4 Å². The van der Waals surface area contributed by atoms with Crippen LogP contribution in [-0.4, -0.2) is 27.6 Å². The van der Waals surface area contributed by atoms with Crippen LogP contribution in [0.2, 0.25) is 0 Å². The van der Waals surface area contributed by atoms with E-state index in [-0.39, 0.29) is 11.8 Å². The van der Waals surface area contributed by atoms with Gasteiger partial charge >= 0.3 is 5.97 Å². The summed E-state index contributed by atoms with van der Waals surface area (Å²) in [6.07, 6.45) is 2.34. The Kier molecular flexibility index (Phi) is 4.12. The van der Waals surface area contributed by atoms with Crippen molar-refractivity contribution in [1.29, 1.82) is 0 Å². The monoisotopic (exact) mass is 304 g/mol. The van der Waals surface area contributed by atoms with Gasteiger partial charge < -0.3 is 20.6 Å². The first-order valence-corrected chi connectivity index (χ1v) is 7.02. The number of primary amides is 1. The van der Waals surface area contributed by atoms with Gasteiger partial charge in [-0.2, -0.15) is 0 Å². The maximum absolute atomic E-state index is 11.2.